The number of carbonyl (C=O) groups is 1. The number of fused-ring (bicyclic) bond motifs is 3. The summed E-state index contributed by atoms with van der Waals surface area (Å²) in [6.45, 7) is 0.761. The number of nitrogens with one attached hydrogen (secondary N) is 2. The Morgan fingerprint density at radius 1 is 1.31 bits per heavy atom. The Hall–Kier alpha value is -1.29. The molecule has 1 aromatic heterocycles. The van der Waals surface area contributed by atoms with Crippen LogP contribution in [0, 0.1) is 0 Å². The van der Waals surface area contributed by atoms with E-state index >= 15 is 0 Å². The van der Waals surface area contributed by atoms with Crippen LogP contribution in [-0.2, 0) is 6.42 Å². The zero-order chi connectivity index (χ0) is 11.1. The number of hydrogen-bond acceptors (Lipinski definition) is 1. The van der Waals surface area contributed by atoms with Gasteiger partial charge in [-0.2, -0.15) is 0 Å². The molecule has 1 aliphatic rings. The molecule has 16 heavy (non-hydrogen) atoms. The van der Waals surface area contributed by atoms with Crippen LogP contribution in [0.15, 0.2) is 22.7 Å². The van der Waals surface area contributed by atoms with E-state index in [1.54, 1.807) is 0 Å². The van der Waals surface area contributed by atoms with Crippen molar-refractivity contribution in [3.05, 3.63) is 33.9 Å². The fourth-order valence-corrected chi connectivity index (χ4v) is 2.58. The van der Waals surface area contributed by atoms with E-state index in [4.69, 9.17) is 0 Å². The maximum Gasteiger partial charge on any atom is 0.253 e. The van der Waals surface area contributed by atoms with Crippen molar-refractivity contribution >= 4 is 32.7 Å². The van der Waals surface area contributed by atoms with Crippen molar-refractivity contribution in [2.24, 2.45) is 0 Å². The van der Waals surface area contributed by atoms with Crippen LogP contribution >= 0.6 is 15.9 Å². The first-order valence-corrected chi connectivity index (χ1v) is 6.13. The van der Waals surface area contributed by atoms with Gasteiger partial charge in [0.15, 0.2) is 0 Å². The summed E-state index contributed by atoms with van der Waals surface area (Å²) in [5.41, 5.74) is 2.90. The van der Waals surface area contributed by atoms with Gasteiger partial charge in [0.05, 0.1) is 5.56 Å². The number of aromatic nitrogens is 1. The third-order valence-corrected chi connectivity index (χ3v) is 3.45. The van der Waals surface area contributed by atoms with Crippen molar-refractivity contribution in [3.8, 4) is 0 Å². The number of H-pyrrole nitrogens is 1. The second kappa shape index (κ2) is 3.63. The quantitative estimate of drug-likeness (QED) is 0.765. The zero-order valence-corrected chi connectivity index (χ0v) is 10.2. The maximum absolute atomic E-state index is 11.9. The summed E-state index contributed by atoms with van der Waals surface area (Å²) in [5.74, 6) is 0.0388. The molecule has 0 atom stereocenters. The number of aromatic amines is 1. The molecule has 0 fully saturated rings. The average Bonchev–Trinajstić information content (AvgIpc) is 2.51. The molecule has 1 amide bonds. The van der Waals surface area contributed by atoms with Gasteiger partial charge in [-0.3, -0.25) is 4.79 Å². The van der Waals surface area contributed by atoms with Crippen LogP contribution in [0.3, 0.4) is 0 Å². The second-order valence-corrected chi connectivity index (χ2v) is 4.94. The third-order valence-electron chi connectivity index (χ3n) is 2.95. The molecule has 2 heterocycles. The molecule has 2 aromatic rings. The summed E-state index contributed by atoms with van der Waals surface area (Å²) in [5, 5.41) is 3.93. The molecule has 3 rings (SSSR count). The van der Waals surface area contributed by atoms with E-state index in [1.165, 1.54) is 0 Å². The molecule has 82 valence electrons. The lowest BCUT2D eigenvalue weighted by Crippen LogP contribution is -2.22. The van der Waals surface area contributed by atoms with E-state index in [0.717, 1.165) is 46.0 Å². The highest BCUT2D eigenvalue weighted by Gasteiger charge is 2.20. The van der Waals surface area contributed by atoms with Gasteiger partial charge in [-0.15, -0.1) is 0 Å². The van der Waals surface area contributed by atoms with E-state index in [2.05, 4.69) is 26.2 Å². The van der Waals surface area contributed by atoms with Crippen LogP contribution in [0.5, 0.6) is 0 Å². The van der Waals surface area contributed by atoms with Crippen molar-refractivity contribution < 1.29 is 4.79 Å². The Bertz CT molecular complexity index is 574. The van der Waals surface area contributed by atoms with Gasteiger partial charge >= 0.3 is 0 Å². The maximum atomic E-state index is 11.9. The standard InChI is InChI=1S/C12H11BrN2O/c13-7-3-4-9-8(6-7)11-10(15-9)2-1-5-14-12(11)16/h3-4,6,15H,1-2,5H2,(H,14,16). The van der Waals surface area contributed by atoms with Gasteiger partial charge in [-0.1, -0.05) is 15.9 Å². The van der Waals surface area contributed by atoms with Gasteiger partial charge in [0.2, 0.25) is 0 Å². The number of aryl methyl sites for hydroxylation is 1. The fraction of sp³-hybridized carbons (Fsp3) is 0.250. The lowest BCUT2D eigenvalue weighted by molar-refractivity contribution is 0.0957. The Morgan fingerprint density at radius 3 is 3.06 bits per heavy atom. The SMILES string of the molecule is O=C1NCCCc2[nH]c3ccc(Br)cc3c21. The topological polar surface area (TPSA) is 44.9 Å². The smallest absolute Gasteiger partial charge is 0.253 e. The summed E-state index contributed by atoms with van der Waals surface area (Å²) in [4.78, 5) is 15.3. The number of carbonyl (C=O) groups excluding carboxylic acids is 1. The highest BCUT2D eigenvalue weighted by atomic mass is 79.9. The largest absolute Gasteiger partial charge is 0.358 e. The molecule has 1 aromatic carbocycles. The molecule has 0 aliphatic carbocycles. The van der Waals surface area contributed by atoms with Crippen molar-refractivity contribution in [2.45, 2.75) is 12.8 Å². The molecule has 1 aliphatic heterocycles. The molecular weight excluding hydrogens is 268 g/mol. The lowest BCUT2D eigenvalue weighted by atomic mass is 10.1. The summed E-state index contributed by atoms with van der Waals surface area (Å²) in [7, 11) is 0. The van der Waals surface area contributed by atoms with Crippen molar-refractivity contribution in [1.29, 1.82) is 0 Å². The highest BCUT2D eigenvalue weighted by Crippen LogP contribution is 2.27. The molecule has 0 spiro atoms. The number of rotatable bonds is 0. The molecule has 2 N–H and O–H groups in total. The van der Waals surface area contributed by atoms with E-state index in [0.29, 0.717) is 0 Å². The van der Waals surface area contributed by atoms with Gasteiger partial charge in [-0.05, 0) is 31.0 Å². The zero-order valence-electron chi connectivity index (χ0n) is 8.64. The van der Waals surface area contributed by atoms with E-state index in [9.17, 15) is 4.79 Å². The molecule has 3 nitrogen and oxygen atoms in total. The van der Waals surface area contributed by atoms with Gasteiger partial charge in [0.1, 0.15) is 0 Å². The van der Waals surface area contributed by atoms with Gasteiger partial charge < -0.3 is 10.3 Å². The van der Waals surface area contributed by atoms with Crippen LogP contribution in [0.25, 0.3) is 10.9 Å². The van der Waals surface area contributed by atoms with Crippen LogP contribution in [0.2, 0.25) is 0 Å². The highest BCUT2D eigenvalue weighted by molar-refractivity contribution is 9.10. The first-order valence-electron chi connectivity index (χ1n) is 5.34. The number of benzene rings is 1. The van der Waals surface area contributed by atoms with Crippen molar-refractivity contribution in [1.82, 2.24) is 10.3 Å². The molecule has 0 bridgehead atoms. The third kappa shape index (κ3) is 1.45. The normalized spacial score (nSPS) is 15.7. The van der Waals surface area contributed by atoms with E-state index in [-0.39, 0.29) is 5.91 Å². The molecular formula is C12H11BrN2O. The first kappa shape index (κ1) is 9.90. The van der Waals surface area contributed by atoms with Crippen LogP contribution in [0.1, 0.15) is 22.5 Å². The first-order chi connectivity index (χ1) is 7.75. The minimum absolute atomic E-state index is 0.0388. The fourth-order valence-electron chi connectivity index (χ4n) is 2.22. The number of hydrogen-bond donors (Lipinski definition) is 2. The van der Waals surface area contributed by atoms with Gasteiger partial charge in [0, 0.05) is 27.6 Å². The minimum atomic E-state index is 0.0388. The van der Waals surface area contributed by atoms with Crippen LogP contribution in [-0.4, -0.2) is 17.4 Å². The monoisotopic (exact) mass is 278 g/mol. The second-order valence-electron chi connectivity index (χ2n) is 4.03. The predicted molar refractivity (Wildman–Crippen MR) is 66.7 cm³/mol. The van der Waals surface area contributed by atoms with Gasteiger partial charge in [0.25, 0.3) is 5.91 Å². The molecule has 0 radical (unpaired) electrons. The predicted octanol–water partition coefficient (Wildman–Crippen LogP) is 2.61. The molecule has 0 saturated heterocycles. The minimum Gasteiger partial charge on any atom is -0.358 e. The summed E-state index contributed by atoms with van der Waals surface area (Å²) in [6, 6.07) is 5.98. The molecule has 0 saturated carbocycles. The Kier molecular flexibility index (Phi) is 2.24. The Balaban J connectivity index is 2.32. The van der Waals surface area contributed by atoms with Gasteiger partial charge in [-0.25, -0.2) is 0 Å². The van der Waals surface area contributed by atoms with Crippen molar-refractivity contribution in [3.63, 3.8) is 0 Å². The van der Waals surface area contributed by atoms with E-state index < -0.39 is 0 Å². The molecule has 4 heteroatoms. The summed E-state index contributed by atoms with van der Waals surface area (Å²) >= 11 is 3.44. The summed E-state index contributed by atoms with van der Waals surface area (Å²) in [6.07, 6.45) is 1.92. The lowest BCUT2D eigenvalue weighted by Gasteiger charge is -1.99. The van der Waals surface area contributed by atoms with Crippen LogP contribution in [0.4, 0.5) is 0 Å². The van der Waals surface area contributed by atoms with Crippen molar-refractivity contribution in [2.75, 3.05) is 6.54 Å². The van der Waals surface area contributed by atoms with Crippen LogP contribution < -0.4 is 5.32 Å². The Morgan fingerprint density at radius 2 is 2.19 bits per heavy atom. The summed E-state index contributed by atoms with van der Waals surface area (Å²) < 4.78 is 0.999. The number of halogens is 1. The van der Waals surface area contributed by atoms with E-state index in [1.807, 2.05) is 18.2 Å². The molecule has 0 unspecified atom stereocenters. The average molecular weight is 279 g/mol. The number of amides is 1. The Labute approximate surface area is 101 Å².